The lowest BCUT2D eigenvalue weighted by Gasteiger charge is -2.45. The van der Waals surface area contributed by atoms with Crippen LogP contribution >= 0.6 is 0 Å². The lowest BCUT2D eigenvalue weighted by Crippen LogP contribution is -2.43. The van der Waals surface area contributed by atoms with E-state index in [0.29, 0.717) is 5.60 Å². The van der Waals surface area contributed by atoms with Gasteiger partial charge in [-0.1, -0.05) is 25.7 Å². The average Bonchev–Trinajstić information content (AvgIpc) is 2.88. The molecule has 0 amide bonds. The van der Waals surface area contributed by atoms with Crippen LogP contribution in [0.2, 0.25) is 0 Å². The Bertz CT molecular complexity index is 283. The van der Waals surface area contributed by atoms with E-state index in [1.165, 1.54) is 70.8 Å². The first kappa shape index (κ1) is 13.9. The van der Waals surface area contributed by atoms with Crippen LogP contribution in [0, 0.1) is 17.8 Å². The number of hydrogen-bond donors (Lipinski definition) is 1. The van der Waals surface area contributed by atoms with E-state index in [9.17, 15) is 0 Å². The molecule has 2 saturated carbocycles. The van der Waals surface area contributed by atoms with Crippen LogP contribution in [0.5, 0.6) is 0 Å². The van der Waals surface area contributed by atoms with Crippen LogP contribution in [-0.4, -0.2) is 25.8 Å². The highest BCUT2D eigenvalue weighted by atomic mass is 16.5. The van der Waals surface area contributed by atoms with Crippen LogP contribution in [-0.2, 0) is 4.74 Å². The molecule has 3 aliphatic rings. The molecule has 1 N–H and O–H groups in total. The normalized spacial score (nSPS) is 38.7. The van der Waals surface area contributed by atoms with Gasteiger partial charge in [0, 0.05) is 6.61 Å². The van der Waals surface area contributed by atoms with Gasteiger partial charge >= 0.3 is 0 Å². The zero-order chi connectivity index (χ0) is 13.1. The molecule has 2 aliphatic carbocycles. The molecule has 0 aromatic carbocycles. The summed E-state index contributed by atoms with van der Waals surface area (Å²) >= 11 is 0. The molecule has 1 aliphatic heterocycles. The third-order valence-corrected chi connectivity index (χ3v) is 6.09. The summed E-state index contributed by atoms with van der Waals surface area (Å²) in [5.74, 6) is 2.85. The highest BCUT2D eigenvalue weighted by Gasteiger charge is 2.43. The van der Waals surface area contributed by atoms with Crippen LogP contribution in [0.25, 0.3) is 0 Å². The van der Waals surface area contributed by atoms with Gasteiger partial charge in [-0.3, -0.25) is 0 Å². The Kier molecular flexibility index (Phi) is 4.48. The highest BCUT2D eigenvalue weighted by molar-refractivity contribution is 4.94. The summed E-state index contributed by atoms with van der Waals surface area (Å²) < 4.78 is 6.23. The van der Waals surface area contributed by atoms with Gasteiger partial charge in [-0.25, -0.2) is 0 Å². The summed E-state index contributed by atoms with van der Waals surface area (Å²) in [6.45, 7) is 2.27. The van der Waals surface area contributed by atoms with Crippen molar-refractivity contribution >= 4 is 0 Å². The van der Waals surface area contributed by atoms with Crippen molar-refractivity contribution in [2.24, 2.45) is 17.8 Å². The fraction of sp³-hybridized carbons (Fsp3) is 1.00. The van der Waals surface area contributed by atoms with Gasteiger partial charge in [0.1, 0.15) is 0 Å². The fourth-order valence-electron chi connectivity index (χ4n) is 5.17. The summed E-state index contributed by atoms with van der Waals surface area (Å²) in [4.78, 5) is 0. The van der Waals surface area contributed by atoms with Gasteiger partial charge in [0.25, 0.3) is 0 Å². The number of hydrogen-bond acceptors (Lipinski definition) is 2. The molecule has 3 rings (SSSR count). The second-order valence-corrected chi connectivity index (χ2v) is 7.26. The van der Waals surface area contributed by atoms with Gasteiger partial charge in [0.05, 0.1) is 5.60 Å². The summed E-state index contributed by atoms with van der Waals surface area (Å²) in [7, 11) is 2.12. The van der Waals surface area contributed by atoms with E-state index in [-0.39, 0.29) is 0 Å². The summed E-state index contributed by atoms with van der Waals surface area (Å²) in [6.07, 6.45) is 14.0. The molecule has 0 radical (unpaired) electrons. The molecule has 0 aromatic rings. The summed E-state index contributed by atoms with van der Waals surface area (Å²) in [5, 5.41) is 3.44. The minimum absolute atomic E-state index is 0.310. The maximum absolute atomic E-state index is 6.23. The zero-order valence-electron chi connectivity index (χ0n) is 12.6. The Balaban J connectivity index is 1.65. The van der Waals surface area contributed by atoms with E-state index in [1.54, 1.807) is 0 Å². The summed E-state index contributed by atoms with van der Waals surface area (Å²) in [6, 6.07) is 0. The van der Waals surface area contributed by atoms with Gasteiger partial charge in [-0.15, -0.1) is 0 Å². The van der Waals surface area contributed by atoms with E-state index >= 15 is 0 Å². The maximum Gasteiger partial charge on any atom is 0.0685 e. The van der Waals surface area contributed by atoms with Gasteiger partial charge in [-0.05, 0) is 69.9 Å². The number of ether oxygens (including phenoxy) is 1. The predicted molar refractivity (Wildman–Crippen MR) is 79.2 cm³/mol. The molecule has 3 atom stereocenters. The molecule has 3 unspecified atom stereocenters. The molecular formula is C17H31NO. The smallest absolute Gasteiger partial charge is 0.0685 e. The molecule has 1 spiro atoms. The van der Waals surface area contributed by atoms with Crippen LogP contribution in [0.4, 0.5) is 0 Å². The largest absolute Gasteiger partial charge is 0.375 e. The maximum atomic E-state index is 6.23. The van der Waals surface area contributed by atoms with Crippen molar-refractivity contribution in [3.63, 3.8) is 0 Å². The topological polar surface area (TPSA) is 21.3 Å². The zero-order valence-corrected chi connectivity index (χ0v) is 12.6. The van der Waals surface area contributed by atoms with E-state index in [0.717, 1.165) is 24.4 Å². The standard InChI is InChI=1S/C17H31NO/c1-18-13-15-6-2-3-7-16(15)14-8-11-19-17(12-14)9-4-5-10-17/h14-16,18H,2-13H2,1H3. The molecule has 0 aromatic heterocycles. The van der Waals surface area contributed by atoms with Crippen LogP contribution in [0.3, 0.4) is 0 Å². The molecular weight excluding hydrogens is 234 g/mol. The third-order valence-electron chi connectivity index (χ3n) is 6.09. The average molecular weight is 265 g/mol. The van der Waals surface area contributed by atoms with E-state index in [2.05, 4.69) is 12.4 Å². The molecule has 1 heterocycles. The Hall–Kier alpha value is -0.0800. The fourth-order valence-corrected chi connectivity index (χ4v) is 5.17. The minimum atomic E-state index is 0.310. The van der Waals surface area contributed by atoms with E-state index < -0.39 is 0 Å². The van der Waals surface area contributed by atoms with Crippen LogP contribution in [0.1, 0.15) is 64.2 Å². The Morgan fingerprint density at radius 3 is 2.63 bits per heavy atom. The van der Waals surface area contributed by atoms with Crippen molar-refractivity contribution in [2.75, 3.05) is 20.2 Å². The SMILES string of the molecule is CNCC1CCCCC1C1CCOC2(CCCC2)C1. The number of nitrogens with one attached hydrogen (secondary N) is 1. The predicted octanol–water partition coefficient (Wildman–Crippen LogP) is 3.75. The molecule has 110 valence electrons. The van der Waals surface area contributed by atoms with Crippen molar-refractivity contribution in [1.29, 1.82) is 0 Å². The highest BCUT2D eigenvalue weighted by Crippen LogP contribution is 2.47. The number of rotatable bonds is 3. The van der Waals surface area contributed by atoms with Gasteiger partial charge in [-0.2, -0.15) is 0 Å². The molecule has 1 saturated heterocycles. The Morgan fingerprint density at radius 2 is 1.84 bits per heavy atom. The monoisotopic (exact) mass is 265 g/mol. The first-order chi connectivity index (χ1) is 9.33. The molecule has 3 fully saturated rings. The molecule has 2 heteroatoms. The quantitative estimate of drug-likeness (QED) is 0.839. The van der Waals surface area contributed by atoms with Crippen molar-refractivity contribution in [3.8, 4) is 0 Å². The Morgan fingerprint density at radius 1 is 1.05 bits per heavy atom. The molecule has 19 heavy (non-hydrogen) atoms. The van der Waals surface area contributed by atoms with E-state index in [1.807, 2.05) is 0 Å². The first-order valence-corrected chi connectivity index (χ1v) is 8.61. The lowest BCUT2D eigenvalue weighted by atomic mass is 9.67. The molecule has 0 bridgehead atoms. The molecule has 2 nitrogen and oxygen atoms in total. The van der Waals surface area contributed by atoms with Crippen LogP contribution in [0.15, 0.2) is 0 Å². The van der Waals surface area contributed by atoms with Crippen LogP contribution < -0.4 is 5.32 Å². The second kappa shape index (κ2) is 6.13. The second-order valence-electron chi connectivity index (χ2n) is 7.26. The van der Waals surface area contributed by atoms with Crippen molar-refractivity contribution < 1.29 is 4.74 Å². The third kappa shape index (κ3) is 3.00. The lowest BCUT2D eigenvalue weighted by molar-refractivity contribution is -0.108. The van der Waals surface area contributed by atoms with E-state index in [4.69, 9.17) is 4.74 Å². The summed E-state index contributed by atoms with van der Waals surface area (Å²) in [5.41, 5.74) is 0.310. The Labute approximate surface area is 118 Å². The van der Waals surface area contributed by atoms with Crippen molar-refractivity contribution in [1.82, 2.24) is 5.32 Å². The van der Waals surface area contributed by atoms with Crippen molar-refractivity contribution in [2.45, 2.75) is 69.8 Å². The minimum Gasteiger partial charge on any atom is -0.375 e. The first-order valence-electron chi connectivity index (χ1n) is 8.61. The van der Waals surface area contributed by atoms with Gasteiger partial charge in [0.15, 0.2) is 0 Å². The van der Waals surface area contributed by atoms with Gasteiger partial charge in [0.2, 0.25) is 0 Å². The van der Waals surface area contributed by atoms with Gasteiger partial charge < -0.3 is 10.1 Å². The van der Waals surface area contributed by atoms with Crippen molar-refractivity contribution in [3.05, 3.63) is 0 Å².